The van der Waals surface area contributed by atoms with Crippen LogP contribution in [0.5, 0.6) is 5.75 Å². The Morgan fingerprint density at radius 2 is 2.10 bits per heavy atom. The molecule has 0 saturated heterocycles. The Morgan fingerprint density at radius 3 is 2.80 bits per heavy atom. The van der Waals surface area contributed by atoms with Crippen LogP contribution < -0.4 is 10.1 Å². The maximum atomic E-state index is 5.93. The van der Waals surface area contributed by atoms with E-state index in [1.807, 2.05) is 18.2 Å². The fraction of sp³-hybridized carbons (Fsp3) is 0.529. The van der Waals surface area contributed by atoms with Gasteiger partial charge in [-0.15, -0.1) is 6.58 Å². The van der Waals surface area contributed by atoms with Gasteiger partial charge in [0.15, 0.2) is 0 Å². The smallest absolute Gasteiger partial charge is 0.123 e. The van der Waals surface area contributed by atoms with Crippen LogP contribution in [0.2, 0.25) is 0 Å². The SMILES string of the molecule is C=CCN(CC)CCOc1ccccc1CNCCC. The number of rotatable bonds is 11. The Morgan fingerprint density at radius 1 is 1.30 bits per heavy atom. The summed E-state index contributed by atoms with van der Waals surface area (Å²) < 4.78 is 5.93. The van der Waals surface area contributed by atoms with Gasteiger partial charge in [-0.25, -0.2) is 0 Å². The zero-order valence-electron chi connectivity index (χ0n) is 12.9. The lowest BCUT2D eigenvalue weighted by Crippen LogP contribution is -2.28. The van der Waals surface area contributed by atoms with Crippen LogP contribution in [0.15, 0.2) is 36.9 Å². The highest BCUT2D eigenvalue weighted by Gasteiger charge is 2.04. The van der Waals surface area contributed by atoms with E-state index < -0.39 is 0 Å². The van der Waals surface area contributed by atoms with Crippen LogP contribution in [-0.2, 0) is 6.54 Å². The summed E-state index contributed by atoms with van der Waals surface area (Å²) in [7, 11) is 0. The van der Waals surface area contributed by atoms with E-state index >= 15 is 0 Å². The summed E-state index contributed by atoms with van der Waals surface area (Å²) in [6.07, 6.45) is 3.09. The van der Waals surface area contributed by atoms with Crippen LogP contribution in [0.3, 0.4) is 0 Å². The number of benzene rings is 1. The molecule has 0 radical (unpaired) electrons. The van der Waals surface area contributed by atoms with Crippen LogP contribution in [0.4, 0.5) is 0 Å². The van der Waals surface area contributed by atoms with Gasteiger partial charge in [-0.05, 0) is 25.6 Å². The minimum atomic E-state index is 0.715. The Kier molecular flexibility index (Phi) is 8.76. The van der Waals surface area contributed by atoms with E-state index in [-0.39, 0.29) is 0 Å². The molecule has 0 atom stereocenters. The standard InChI is InChI=1S/C17H28N2O/c1-4-11-18-15-16-9-7-8-10-17(16)20-14-13-19(6-3)12-5-2/h5,7-10,18H,2,4,6,11-15H2,1,3H3. The third kappa shape index (κ3) is 6.22. The van der Waals surface area contributed by atoms with Crippen LogP contribution in [-0.4, -0.2) is 37.7 Å². The van der Waals surface area contributed by atoms with Gasteiger partial charge in [0.2, 0.25) is 0 Å². The van der Waals surface area contributed by atoms with Crippen LogP contribution in [0, 0.1) is 0 Å². The van der Waals surface area contributed by atoms with E-state index in [4.69, 9.17) is 4.74 Å². The third-order valence-electron chi connectivity index (χ3n) is 3.21. The van der Waals surface area contributed by atoms with Crippen molar-refractivity contribution in [1.29, 1.82) is 0 Å². The predicted molar refractivity (Wildman–Crippen MR) is 86.2 cm³/mol. The van der Waals surface area contributed by atoms with Crippen LogP contribution in [0.1, 0.15) is 25.8 Å². The summed E-state index contributed by atoms with van der Waals surface area (Å²) in [4.78, 5) is 2.31. The van der Waals surface area contributed by atoms with Crippen molar-refractivity contribution in [2.75, 3.05) is 32.8 Å². The second-order valence-corrected chi connectivity index (χ2v) is 4.81. The molecule has 0 saturated carbocycles. The van der Waals surface area contributed by atoms with Gasteiger partial charge in [0.1, 0.15) is 12.4 Å². The van der Waals surface area contributed by atoms with Crippen LogP contribution in [0.25, 0.3) is 0 Å². The largest absolute Gasteiger partial charge is 0.492 e. The molecule has 3 nitrogen and oxygen atoms in total. The molecule has 1 N–H and O–H groups in total. The minimum absolute atomic E-state index is 0.715. The predicted octanol–water partition coefficient (Wildman–Crippen LogP) is 3.07. The summed E-state index contributed by atoms with van der Waals surface area (Å²) in [6, 6.07) is 8.26. The molecule has 0 aliphatic heterocycles. The zero-order chi connectivity index (χ0) is 14.6. The van der Waals surface area contributed by atoms with Crippen molar-refractivity contribution in [3.8, 4) is 5.75 Å². The first-order chi connectivity index (χ1) is 9.81. The van der Waals surface area contributed by atoms with Gasteiger partial charge in [0.25, 0.3) is 0 Å². The molecule has 1 rings (SSSR count). The van der Waals surface area contributed by atoms with Gasteiger partial charge in [-0.2, -0.15) is 0 Å². The van der Waals surface area contributed by atoms with Crippen molar-refractivity contribution >= 4 is 0 Å². The molecular formula is C17H28N2O. The molecule has 0 heterocycles. The molecule has 0 spiro atoms. The monoisotopic (exact) mass is 276 g/mol. The highest BCUT2D eigenvalue weighted by atomic mass is 16.5. The molecule has 0 fully saturated rings. The Balaban J connectivity index is 2.44. The molecule has 0 unspecified atom stereocenters. The van der Waals surface area contributed by atoms with Crippen molar-refractivity contribution in [3.05, 3.63) is 42.5 Å². The lowest BCUT2D eigenvalue weighted by molar-refractivity contribution is 0.228. The highest BCUT2D eigenvalue weighted by Crippen LogP contribution is 2.17. The molecule has 0 aromatic heterocycles. The fourth-order valence-electron chi connectivity index (χ4n) is 2.04. The van der Waals surface area contributed by atoms with Gasteiger partial charge in [-0.1, -0.05) is 38.1 Å². The molecule has 0 bridgehead atoms. The lowest BCUT2D eigenvalue weighted by Gasteiger charge is -2.19. The highest BCUT2D eigenvalue weighted by molar-refractivity contribution is 5.33. The van der Waals surface area contributed by atoms with Crippen LogP contribution >= 0.6 is 0 Å². The first-order valence-corrected chi connectivity index (χ1v) is 7.56. The Bertz CT molecular complexity index is 379. The summed E-state index contributed by atoms with van der Waals surface area (Å²) in [5.74, 6) is 0.991. The molecule has 0 aliphatic carbocycles. The number of likely N-dealkylation sites (N-methyl/N-ethyl adjacent to an activating group) is 1. The fourth-order valence-corrected chi connectivity index (χ4v) is 2.04. The molecule has 0 aliphatic rings. The molecule has 112 valence electrons. The topological polar surface area (TPSA) is 24.5 Å². The number of ether oxygens (including phenoxy) is 1. The first kappa shape index (κ1) is 16.7. The van der Waals surface area contributed by atoms with Gasteiger partial charge < -0.3 is 10.1 Å². The molecule has 20 heavy (non-hydrogen) atoms. The normalized spacial score (nSPS) is 10.8. The van der Waals surface area contributed by atoms with Gasteiger partial charge in [0.05, 0.1) is 0 Å². The summed E-state index contributed by atoms with van der Waals surface area (Å²) in [6.45, 7) is 13.6. The number of nitrogens with one attached hydrogen (secondary N) is 1. The van der Waals surface area contributed by atoms with Gasteiger partial charge in [0, 0.05) is 25.2 Å². The van der Waals surface area contributed by atoms with E-state index in [2.05, 4.69) is 42.8 Å². The average molecular weight is 276 g/mol. The van der Waals surface area contributed by atoms with Crippen molar-refractivity contribution in [1.82, 2.24) is 10.2 Å². The number of nitrogens with zero attached hydrogens (tertiary/aromatic N) is 1. The molecule has 3 heteroatoms. The number of hydrogen-bond donors (Lipinski definition) is 1. The Hall–Kier alpha value is -1.32. The van der Waals surface area contributed by atoms with Crippen molar-refractivity contribution in [3.63, 3.8) is 0 Å². The second kappa shape index (κ2) is 10.5. The number of para-hydroxylation sites is 1. The van der Waals surface area contributed by atoms with Crippen molar-refractivity contribution < 1.29 is 4.74 Å². The Labute approximate surface area is 123 Å². The molecule has 1 aromatic carbocycles. The van der Waals surface area contributed by atoms with E-state index in [0.29, 0.717) is 6.61 Å². The first-order valence-electron chi connectivity index (χ1n) is 7.56. The summed E-state index contributed by atoms with van der Waals surface area (Å²) in [5, 5.41) is 3.42. The van der Waals surface area contributed by atoms with Crippen molar-refractivity contribution in [2.45, 2.75) is 26.8 Å². The summed E-state index contributed by atoms with van der Waals surface area (Å²) >= 11 is 0. The van der Waals surface area contributed by atoms with E-state index in [1.165, 1.54) is 5.56 Å². The van der Waals surface area contributed by atoms with E-state index in [1.54, 1.807) is 0 Å². The average Bonchev–Trinajstić information content (AvgIpc) is 2.48. The number of hydrogen-bond acceptors (Lipinski definition) is 3. The lowest BCUT2D eigenvalue weighted by atomic mass is 10.2. The third-order valence-corrected chi connectivity index (χ3v) is 3.21. The molecular weight excluding hydrogens is 248 g/mol. The van der Waals surface area contributed by atoms with E-state index in [0.717, 1.165) is 44.9 Å². The maximum absolute atomic E-state index is 5.93. The second-order valence-electron chi connectivity index (χ2n) is 4.81. The minimum Gasteiger partial charge on any atom is -0.492 e. The maximum Gasteiger partial charge on any atom is 0.123 e. The van der Waals surface area contributed by atoms with Gasteiger partial charge in [-0.3, -0.25) is 4.90 Å². The summed E-state index contributed by atoms with van der Waals surface area (Å²) in [5.41, 5.74) is 1.23. The van der Waals surface area contributed by atoms with Gasteiger partial charge >= 0.3 is 0 Å². The van der Waals surface area contributed by atoms with E-state index in [9.17, 15) is 0 Å². The molecule has 1 aromatic rings. The zero-order valence-corrected chi connectivity index (χ0v) is 12.9. The molecule has 0 amide bonds. The quantitative estimate of drug-likeness (QED) is 0.496. The van der Waals surface area contributed by atoms with Crippen molar-refractivity contribution in [2.24, 2.45) is 0 Å².